The molecule has 0 bridgehead atoms. The van der Waals surface area contributed by atoms with Crippen LogP contribution in [-0.4, -0.2) is 31.6 Å². The van der Waals surface area contributed by atoms with Crippen molar-refractivity contribution in [2.24, 2.45) is 10.9 Å². The summed E-state index contributed by atoms with van der Waals surface area (Å²) >= 11 is 0. The molecule has 3 aromatic carbocycles. The highest BCUT2D eigenvalue weighted by molar-refractivity contribution is 7.89. The van der Waals surface area contributed by atoms with Gasteiger partial charge < -0.3 is 10.6 Å². The molecule has 0 fully saturated rings. The number of carbonyl (C=O) groups is 1. The van der Waals surface area contributed by atoms with E-state index in [1.807, 2.05) is 37.3 Å². The van der Waals surface area contributed by atoms with Gasteiger partial charge in [-0.1, -0.05) is 60.7 Å². The van der Waals surface area contributed by atoms with Gasteiger partial charge in [0.2, 0.25) is 15.9 Å². The topological polar surface area (TPSA) is 130 Å². The highest BCUT2D eigenvalue weighted by Crippen LogP contribution is 2.27. The summed E-state index contributed by atoms with van der Waals surface area (Å²) in [6, 6.07) is 21.1. The first kappa shape index (κ1) is 23.2. The third-order valence-corrected chi connectivity index (χ3v) is 6.13. The van der Waals surface area contributed by atoms with Gasteiger partial charge in [0.25, 0.3) is 0 Å². The Morgan fingerprint density at radius 1 is 0.969 bits per heavy atom. The number of sulfonamides is 1. The molecule has 0 unspecified atom stereocenters. The number of hydrogen-bond acceptors (Lipinski definition) is 4. The molecular weight excluding hydrogens is 424 g/mol. The molecule has 0 atom stereocenters. The number of hydrogen-bond donors (Lipinski definition) is 3. The standard InChI is InChI=1S/C24H26N4O3S/c1-2-28(16-18-6-5-7-20(14-18)24(25)26)23(29)15-17-10-12-19(13-11-17)21-8-3-4-9-22(21)32(27,30)31/h3-14H,2,15-16H2,1H3,(H3,25,26)(H2,27,30,31). The van der Waals surface area contributed by atoms with Gasteiger partial charge >= 0.3 is 0 Å². The van der Waals surface area contributed by atoms with Crippen LogP contribution in [0.15, 0.2) is 77.7 Å². The number of amidine groups is 1. The second-order valence-electron chi connectivity index (χ2n) is 7.44. The molecule has 0 aliphatic carbocycles. The molecule has 166 valence electrons. The van der Waals surface area contributed by atoms with Crippen LogP contribution >= 0.6 is 0 Å². The number of carbonyl (C=O) groups excluding carboxylic acids is 1. The Labute approximate surface area is 188 Å². The van der Waals surface area contributed by atoms with Crippen molar-refractivity contribution in [2.45, 2.75) is 24.8 Å². The van der Waals surface area contributed by atoms with Crippen LogP contribution in [0.1, 0.15) is 23.6 Å². The molecule has 0 radical (unpaired) electrons. The van der Waals surface area contributed by atoms with Crippen LogP contribution in [0.5, 0.6) is 0 Å². The molecule has 0 aromatic heterocycles. The first-order chi connectivity index (χ1) is 15.2. The van der Waals surface area contributed by atoms with Crippen molar-refractivity contribution in [3.63, 3.8) is 0 Å². The average molecular weight is 451 g/mol. The van der Waals surface area contributed by atoms with Crippen molar-refractivity contribution in [3.05, 3.63) is 89.5 Å². The number of nitrogens with two attached hydrogens (primary N) is 2. The first-order valence-corrected chi connectivity index (χ1v) is 11.7. The smallest absolute Gasteiger partial charge is 0.238 e. The van der Waals surface area contributed by atoms with E-state index in [1.54, 1.807) is 41.3 Å². The number of primary sulfonamides is 1. The van der Waals surface area contributed by atoms with E-state index in [9.17, 15) is 13.2 Å². The van der Waals surface area contributed by atoms with Gasteiger partial charge in [-0.2, -0.15) is 0 Å². The minimum absolute atomic E-state index is 0.00896. The van der Waals surface area contributed by atoms with Crippen LogP contribution in [0.2, 0.25) is 0 Å². The minimum Gasteiger partial charge on any atom is -0.384 e. The van der Waals surface area contributed by atoms with Crippen molar-refractivity contribution < 1.29 is 13.2 Å². The quantitative estimate of drug-likeness (QED) is 0.360. The summed E-state index contributed by atoms with van der Waals surface area (Å²) < 4.78 is 23.7. The lowest BCUT2D eigenvalue weighted by molar-refractivity contribution is -0.130. The fourth-order valence-corrected chi connectivity index (χ4v) is 4.24. The van der Waals surface area contributed by atoms with Crippen molar-refractivity contribution in [3.8, 4) is 11.1 Å². The van der Waals surface area contributed by atoms with Gasteiger partial charge in [-0.3, -0.25) is 10.2 Å². The van der Waals surface area contributed by atoms with Gasteiger partial charge in [0.05, 0.1) is 11.3 Å². The third kappa shape index (κ3) is 5.60. The van der Waals surface area contributed by atoms with E-state index in [4.69, 9.17) is 16.3 Å². The Morgan fingerprint density at radius 2 is 1.66 bits per heavy atom. The number of benzene rings is 3. The average Bonchev–Trinajstić information content (AvgIpc) is 2.77. The van der Waals surface area contributed by atoms with E-state index in [2.05, 4.69) is 0 Å². The molecule has 3 aromatic rings. The first-order valence-electron chi connectivity index (χ1n) is 10.1. The fourth-order valence-electron chi connectivity index (χ4n) is 3.48. The van der Waals surface area contributed by atoms with Crippen LogP contribution in [0, 0.1) is 5.41 Å². The molecule has 5 N–H and O–H groups in total. The zero-order chi connectivity index (χ0) is 23.3. The van der Waals surface area contributed by atoms with E-state index in [1.165, 1.54) is 6.07 Å². The van der Waals surface area contributed by atoms with E-state index >= 15 is 0 Å². The van der Waals surface area contributed by atoms with Crippen molar-refractivity contribution in [2.75, 3.05) is 6.54 Å². The normalized spacial score (nSPS) is 11.2. The molecule has 8 heteroatoms. The van der Waals surface area contributed by atoms with Crippen molar-refractivity contribution in [1.29, 1.82) is 5.41 Å². The van der Waals surface area contributed by atoms with Crippen molar-refractivity contribution in [1.82, 2.24) is 4.90 Å². The highest BCUT2D eigenvalue weighted by Gasteiger charge is 2.16. The SMILES string of the molecule is CCN(Cc1cccc(C(=N)N)c1)C(=O)Cc1ccc(-c2ccccc2S(N)(=O)=O)cc1. The Balaban J connectivity index is 1.74. The monoisotopic (exact) mass is 450 g/mol. The molecule has 0 heterocycles. The van der Waals surface area contributed by atoms with Crippen LogP contribution in [0.25, 0.3) is 11.1 Å². The number of nitrogens with zero attached hydrogens (tertiary/aromatic N) is 1. The van der Waals surface area contributed by atoms with Gasteiger partial charge in [-0.05, 0) is 35.7 Å². The number of amides is 1. The number of rotatable bonds is 8. The maximum atomic E-state index is 12.9. The molecule has 1 amide bonds. The van der Waals surface area contributed by atoms with Gasteiger partial charge in [-0.25, -0.2) is 13.6 Å². The van der Waals surface area contributed by atoms with Gasteiger partial charge in [0, 0.05) is 24.2 Å². The van der Waals surface area contributed by atoms with Crippen LogP contribution in [0.3, 0.4) is 0 Å². The molecule has 0 saturated carbocycles. The lowest BCUT2D eigenvalue weighted by atomic mass is 10.0. The third-order valence-electron chi connectivity index (χ3n) is 5.16. The van der Waals surface area contributed by atoms with E-state index in [-0.39, 0.29) is 23.1 Å². The van der Waals surface area contributed by atoms with Crippen LogP contribution in [0.4, 0.5) is 0 Å². The summed E-state index contributed by atoms with van der Waals surface area (Å²) in [6.07, 6.45) is 0.220. The summed E-state index contributed by atoms with van der Waals surface area (Å²) in [7, 11) is -3.85. The highest BCUT2D eigenvalue weighted by atomic mass is 32.2. The Bertz CT molecular complexity index is 1240. The van der Waals surface area contributed by atoms with Gasteiger partial charge in [0.15, 0.2) is 0 Å². The Hall–Kier alpha value is -3.49. The zero-order valence-corrected chi connectivity index (χ0v) is 18.6. The molecule has 7 nitrogen and oxygen atoms in total. The maximum Gasteiger partial charge on any atom is 0.238 e. The maximum absolute atomic E-state index is 12.9. The second-order valence-corrected chi connectivity index (χ2v) is 8.97. The van der Waals surface area contributed by atoms with Crippen LogP contribution < -0.4 is 10.9 Å². The minimum atomic E-state index is -3.85. The van der Waals surface area contributed by atoms with Gasteiger partial charge in [0.1, 0.15) is 5.84 Å². The number of nitrogen functional groups attached to an aromatic ring is 1. The molecule has 0 aliphatic rings. The fraction of sp³-hybridized carbons (Fsp3) is 0.167. The summed E-state index contributed by atoms with van der Waals surface area (Å²) in [5.74, 6) is -0.0382. The lowest BCUT2D eigenvalue weighted by Crippen LogP contribution is -2.31. The summed E-state index contributed by atoms with van der Waals surface area (Å²) in [5, 5.41) is 12.9. The summed E-state index contributed by atoms with van der Waals surface area (Å²) in [4.78, 5) is 14.7. The largest absolute Gasteiger partial charge is 0.384 e. The van der Waals surface area contributed by atoms with E-state index in [0.29, 0.717) is 29.8 Å². The van der Waals surface area contributed by atoms with E-state index in [0.717, 1.165) is 11.1 Å². The predicted molar refractivity (Wildman–Crippen MR) is 126 cm³/mol. The summed E-state index contributed by atoms with van der Waals surface area (Å²) in [5.41, 5.74) is 9.14. The predicted octanol–water partition coefficient (Wildman–Crippen LogP) is 2.88. The van der Waals surface area contributed by atoms with Gasteiger partial charge in [-0.15, -0.1) is 0 Å². The zero-order valence-electron chi connectivity index (χ0n) is 17.8. The molecular formula is C24H26N4O3S. The number of likely N-dealkylation sites (N-methyl/N-ethyl adjacent to an activating group) is 1. The van der Waals surface area contributed by atoms with Crippen molar-refractivity contribution >= 4 is 21.8 Å². The number of nitrogens with one attached hydrogen (secondary N) is 1. The molecule has 32 heavy (non-hydrogen) atoms. The molecule has 0 saturated heterocycles. The Morgan fingerprint density at radius 3 is 2.28 bits per heavy atom. The second kappa shape index (κ2) is 9.76. The molecule has 3 rings (SSSR count). The Kier molecular flexibility index (Phi) is 7.07. The molecule has 0 aliphatic heterocycles. The summed E-state index contributed by atoms with van der Waals surface area (Å²) in [6.45, 7) is 2.89. The lowest BCUT2D eigenvalue weighted by Gasteiger charge is -2.21. The molecule has 0 spiro atoms. The van der Waals surface area contributed by atoms with E-state index < -0.39 is 10.0 Å². The van der Waals surface area contributed by atoms with Crippen LogP contribution in [-0.2, 0) is 27.8 Å².